The molecule has 5 nitrogen and oxygen atoms in total. The zero-order valence-corrected chi connectivity index (χ0v) is 14.6. The first-order valence-corrected chi connectivity index (χ1v) is 9.96. The van der Waals surface area contributed by atoms with Crippen molar-refractivity contribution in [2.24, 2.45) is 0 Å². The van der Waals surface area contributed by atoms with Crippen LogP contribution in [0.1, 0.15) is 0 Å². The second-order valence-corrected chi connectivity index (χ2v) is 7.86. The molecule has 1 aliphatic rings. The van der Waals surface area contributed by atoms with E-state index in [2.05, 4.69) is 43.1 Å². The summed E-state index contributed by atoms with van der Waals surface area (Å²) in [4.78, 5) is 8.45. The largest absolute Gasteiger partial charge is 0.340 e. The van der Waals surface area contributed by atoms with Crippen LogP contribution in [0.5, 0.6) is 0 Å². The van der Waals surface area contributed by atoms with Crippen molar-refractivity contribution in [1.82, 2.24) is 19.6 Å². The molecule has 0 radical (unpaired) electrons. The number of thioether (sulfide) groups is 1. The maximum Gasteiger partial charge on any atom is 0.213 e. The van der Waals surface area contributed by atoms with Crippen molar-refractivity contribution in [2.45, 2.75) is 0 Å². The summed E-state index contributed by atoms with van der Waals surface area (Å²) in [5.41, 5.74) is 1.86. The van der Waals surface area contributed by atoms with Crippen molar-refractivity contribution in [1.29, 1.82) is 0 Å². The van der Waals surface area contributed by atoms with Crippen LogP contribution in [0.15, 0.2) is 41.8 Å². The van der Waals surface area contributed by atoms with Crippen molar-refractivity contribution < 1.29 is 0 Å². The Morgan fingerprint density at radius 2 is 1.83 bits per heavy atom. The van der Waals surface area contributed by atoms with Crippen LogP contribution in [-0.4, -0.2) is 44.2 Å². The normalized spacial score (nSPS) is 15.4. The third kappa shape index (κ3) is 2.19. The minimum atomic E-state index is 0.881. The van der Waals surface area contributed by atoms with E-state index in [0.29, 0.717) is 0 Å². The molecule has 0 unspecified atom stereocenters. The summed E-state index contributed by atoms with van der Waals surface area (Å²) in [7, 11) is 0. The Labute approximate surface area is 147 Å². The number of benzene rings is 1. The second kappa shape index (κ2) is 5.75. The van der Waals surface area contributed by atoms with Gasteiger partial charge >= 0.3 is 0 Å². The number of nitrogens with zero attached hydrogens (tertiary/aromatic N) is 5. The lowest BCUT2D eigenvalue weighted by Gasteiger charge is -2.28. The smallest absolute Gasteiger partial charge is 0.213 e. The molecular weight excluding hydrogens is 338 g/mol. The molecule has 1 saturated heterocycles. The Hall–Kier alpha value is -2.12. The van der Waals surface area contributed by atoms with E-state index >= 15 is 0 Å². The predicted octanol–water partition coefficient (Wildman–Crippen LogP) is 3.56. The van der Waals surface area contributed by atoms with Gasteiger partial charge in [0.05, 0.1) is 10.4 Å². The molecule has 24 heavy (non-hydrogen) atoms. The van der Waals surface area contributed by atoms with Gasteiger partial charge in [-0.15, -0.1) is 21.5 Å². The molecule has 5 rings (SSSR count). The van der Waals surface area contributed by atoms with E-state index in [4.69, 9.17) is 4.98 Å². The quantitative estimate of drug-likeness (QED) is 0.551. The van der Waals surface area contributed by atoms with Crippen LogP contribution in [0, 0.1) is 0 Å². The summed E-state index contributed by atoms with van der Waals surface area (Å²) in [6.07, 6.45) is 0. The first-order valence-electron chi connectivity index (χ1n) is 7.92. The third-order valence-corrected chi connectivity index (χ3v) is 6.07. The second-order valence-electron chi connectivity index (χ2n) is 5.69. The van der Waals surface area contributed by atoms with Crippen LogP contribution in [0.2, 0.25) is 0 Å². The Morgan fingerprint density at radius 1 is 0.958 bits per heavy atom. The highest BCUT2D eigenvalue weighted by atomic mass is 32.2. The van der Waals surface area contributed by atoms with Gasteiger partial charge in [0.25, 0.3) is 0 Å². The van der Waals surface area contributed by atoms with Crippen LogP contribution in [0.3, 0.4) is 0 Å². The lowest BCUT2D eigenvalue weighted by molar-refractivity contribution is 0.809. The molecule has 0 aliphatic carbocycles. The van der Waals surface area contributed by atoms with Crippen molar-refractivity contribution in [3.63, 3.8) is 0 Å². The summed E-state index contributed by atoms with van der Waals surface area (Å²) in [5.74, 6) is 4.10. The van der Waals surface area contributed by atoms with Gasteiger partial charge < -0.3 is 4.90 Å². The van der Waals surface area contributed by atoms with E-state index in [-0.39, 0.29) is 0 Å². The van der Waals surface area contributed by atoms with Crippen LogP contribution in [0.25, 0.3) is 27.3 Å². The fourth-order valence-electron chi connectivity index (χ4n) is 3.11. The van der Waals surface area contributed by atoms with Gasteiger partial charge in [0.15, 0.2) is 11.5 Å². The monoisotopic (exact) mass is 353 g/mol. The van der Waals surface area contributed by atoms with Gasteiger partial charge in [-0.2, -0.15) is 11.8 Å². The molecule has 0 N–H and O–H groups in total. The molecule has 0 atom stereocenters. The topological polar surface area (TPSA) is 46.3 Å². The minimum Gasteiger partial charge on any atom is -0.340 e. The zero-order valence-electron chi connectivity index (χ0n) is 12.9. The van der Waals surface area contributed by atoms with Gasteiger partial charge in [0.1, 0.15) is 0 Å². The average molecular weight is 353 g/mol. The van der Waals surface area contributed by atoms with Crippen LogP contribution in [-0.2, 0) is 0 Å². The zero-order chi connectivity index (χ0) is 15.9. The van der Waals surface area contributed by atoms with Gasteiger partial charge in [-0.3, -0.25) is 0 Å². The Kier molecular flexibility index (Phi) is 3.41. The predicted molar refractivity (Wildman–Crippen MR) is 101 cm³/mol. The van der Waals surface area contributed by atoms with E-state index < -0.39 is 0 Å². The lowest BCUT2D eigenvalue weighted by Crippen LogP contribution is -2.34. The first-order chi connectivity index (χ1) is 11.9. The van der Waals surface area contributed by atoms with E-state index in [1.54, 1.807) is 11.3 Å². The number of thiophene rings is 1. The maximum atomic E-state index is 4.97. The molecule has 4 aromatic rings. The van der Waals surface area contributed by atoms with Gasteiger partial charge in [-0.05, 0) is 23.6 Å². The summed E-state index contributed by atoms with van der Waals surface area (Å²) >= 11 is 3.68. The molecule has 1 aliphatic heterocycles. The number of hydrogen-bond acceptors (Lipinski definition) is 6. The fraction of sp³-hybridized carbons (Fsp3) is 0.235. The molecule has 3 aromatic heterocycles. The molecule has 4 heterocycles. The number of anilines is 1. The number of fused-ring (bicyclic) bond motifs is 3. The maximum absolute atomic E-state index is 4.97. The summed E-state index contributed by atoms with van der Waals surface area (Å²) in [6, 6.07) is 12.3. The van der Waals surface area contributed by atoms with Crippen molar-refractivity contribution in [3.05, 3.63) is 41.8 Å². The Bertz CT molecular complexity index is 1000. The number of hydrogen-bond donors (Lipinski definition) is 0. The Morgan fingerprint density at radius 3 is 2.67 bits per heavy atom. The number of rotatable bonds is 2. The third-order valence-electron chi connectivity index (χ3n) is 4.26. The molecule has 0 spiro atoms. The molecular formula is C17H15N5S2. The SMILES string of the molecule is c1csc(-c2nnc3c4ccccc4nc(N4CCSCC4)n23)c1. The molecule has 0 saturated carbocycles. The summed E-state index contributed by atoms with van der Waals surface area (Å²) < 4.78 is 2.13. The minimum absolute atomic E-state index is 0.881. The van der Waals surface area contributed by atoms with Gasteiger partial charge in [-0.25, -0.2) is 9.38 Å². The van der Waals surface area contributed by atoms with Crippen molar-refractivity contribution in [3.8, 4) is 10.7 Å². The van der Waals surface area contributed by atoms with Gasteiger partial charge in [-0.1, -0.05) is 18.2 Å². The molecule has 0 bridgehead atoms. The van der Waals surface area contributed by atoms with E-state index in [1.807, 2.05) is 30.0 Å². The van der Waals surface area contributed by atoms with E-state index in [9.17, 15) is 0 Å². The molecule has 0 amide bonds. The standard InChI is InChI=1S/C17H15N5S2/c1-2-5-13-12(4-1)15-19-20-16(14-6-3-9-24-14)22(15)17(18-13)21-7-10-23-11-8-21/h1-6,9H,7-8,10-11H2. The number of para-hydroxylation sites is 1. The highest BCUT2D eigenvalue weighted by molar-refractivity contribution is 7.99. The average Bonchev–Trinajstić information content (AvgIpc) is 3.31. The van der Waals surface area contributed by atoms with Crippen molar-refractivity contribution in [2.75, 3.05) is 29.5 Å². The van der Waals surface area contributed by atoms with Crippen LogP contribution >= 0.6 is 23.1 Å². The first kappa shape index (κ1) is 14.2. The summed E-state index contributed by atoms with van der Waals surface area (Å²) in [5, 5.41) is 12.1. The highest BCUT2D eigenvalue weighted by Gasteiger charge is 2.21. The van der Waals surface area contributed by atoms with Crippen LogP contribution in [0.4, 0.5) is 5.95 Å². The molecule has 120 valence electrons. The van der Waals surface area contributed by atoms with E-state index in [1.165, 1.54) is 0 Å². The molecule has 1 aromatic carbocycles. The number of aromatic nitrogens is 4. The fourth-order valence-corrected chi connectivity index (χ4v) is 4.71. The van der Waals surface area contributed by atoms with Gasteiger partial charge in [0, 0.05) is 30.0 Å². The van der Waals surface area contributed by atoms with E-state index in [0.717, 1.165) is 57.8 Å². The van der Waals surface area contributed by atoms with Crippen molar-refractivity contribution >= 4 is 45.6 Å². The molecule has 7 heteroatoms. The summed E-state index contributed by atoms with van der Waals surface area (Å²) in [6.45, 7) is 2.01. The lowest BCUT2D eigenvalue weighted by atomic mass is 10.2. The Balaban J connectivity index is 1.84. The highest BCUT2D eigenvalue weighted by Crippen LogP contribution is 2.31. The molecule has 1 fully saturated rings. The van der Waals surface area contributed by atoms with Crippen LogP contribution < -0.4 is 4.90 Å². The van der Waals surface area contributed by atoms with Gasteiger partial charge in [0.2, 0.25) is 5.95 Å².